The van der Waals surface area contributed by atoms with Crippen LogP contribution in [0.5, 0.6) is 0 Å². The Balaban J connectivity index is 2.12. The first-order valence-corrected chi connectivity index (χ1v) is 8.65. The smallest absolute Gasteiger partial charge is 0.340 e. The van der Waals surface area contributed by atoms with Gasteiger partial charge in [-0.3, -0.25) is 4.79 Å². The normalized spacial score (nSPS) is 12.0. The van der Waals surface area contributed by atoms with Crippen LogP contribution in [0.2, 0.25) is 5.02 Å². The van der Waals surface area contributed by atoms with E-state index >= 15 is 0 Å². The van der Waals surface area contributed by atoms with Crippen LogP contribution >= 0.6 is 11.6 Å². The van der Waals surface area contributed by atoms with Crippen molar-refractivity contribution < 1.29 is 18.7 Å². The van der Waals surface area contributed by atoms with E-state index in [2.05, 4.69) is 5.32 Å². The molecule has 1 atom stereocenters. The molecule has 2 rings (SSSR count). The molecule has 0 fully saturated rings. The zero-order chi connectivity index (χ0) is 19.4. The fourth-order valence-corrected chi connectivity index (χ4v) is 2.74. The number of amides is 1. The van der Waals surface area contributed by atoms with Crippen LogP contribution in [0.15, 0.2) is 36.4 Å². The molecule has 6 heteroatoms. The highest BCUT2D eigenvalue weighted by molar-refractivity contribution is 6.33. The molecule has 0 spiro atoms. The molecule has 1 amide bonds. The summed E-state index contributed by atoms with van der Waals surface area (Å²) in [6.45, 7) is 7.43. The van der Waals surface area contributed by atoms with E-state index in [-0.39, 0.29) is 16.5 Å². The second-order valence-electron chi connectivity index (χ2n) is 6.35. The molecule has 0 aliphatic carbocycles. The van der Waals surface area contributed by atoms with Gasteiger partial charge in [0.25, 0.3) is 5.91 Å². The summed E-state index contributed by atoms with van der Waals surface area (Å²) < 4.78 is 18.3. The molecule has 0 saturated heterocycles. The number of rotatable bonds is 5. The van der Waals surface area contributed by atoms with Crippen LogP contribution in [0.4, 0.5) is 10.1 Å². The molecule has 0 bridgehead atoms. The highest BCUT2D eigenvalue weighted by atomic mass is 35.5. The molecular formula is C20H21ClFNO3. The van der Waals surface area contributed by atoms with Crippen LogP contribution in [0.3, 0.4) is 0 Å². The molecule has 0 unspecified atom stereocenters. The summed E-state index contributed by atoms with van der Waals surface area (Å²) in [6.07, 6.45) is -1.04. The molecule has 0 aliphatic rings. The van der Waals surface area contributed by atoms with Crippen molar-refractivity contribution in [2.24, 2.45) is 0 Å². The van der Waals surface area contributed by atoms with Gasteiger partial charge in [0.15, 0.2) is 6.10 Å². The van der Waals surface area contributed by atoms with E-state index in [1.807, 2.05) is 39.0 Å². The summed E-state index contributed by atoms with van der Waals surface area (Å²) in [7, 11) is 0. The van der Waals surface area contributed by atoms with Crippen LogP contribution in [0.1, 0.15) is 48.2 Å². The zero-order valence-corrected chi connectivity index (χ0v) is 15.9. The quantitative estimate of drug-likeness (QED) is 0.738. The number of carbonyl (C=O) groups is 2. The minimum atomic E-state index is -1.04. The molecule has 0 saturated carbocycles. The Hall–Kier alpha value is -2.40. The first-order valence-electron chi connectivity index (χ1n) is 8.27. The molecule has 138 valence electrons. The first kappa shape index (κ1) is 19.9. The first-order chi connectivity index (χ1) is 12.2. The maximum atomic E-state index is 13.1. The van der Waals surface area contributed by atoms with Gasteiger partial charge in [0.05, 0.1) is 10.6 Å². The van der Waals surface area contributed by atoms with Crippen molar-refractivity contribution >= 4 is 29.2 Å². The largest absolute Gasteiger partial charge is 0.449 e. The average Bonchev–Trinajstić information content (AvgIpc) is 2.56. The third kappa shape index (κ3) is 4.61. The molecule has 0 aliphatic heterocycles. The van der Waals surface area contributed by atoms with Gasteiger partial charge in [0.2, 0.25) is 0 Å². The van der Waals surface area contributed by atoms with E-state index in [1.54, 1.807) is 0 Å². The number of hydrogen-bond acceptors (Lipinski definition) is 3. The molecule has 4 nitrogen and oxygen atoms in total. The molecule has 26 heavy (non-hydrogen) atoms. The van der Waals surface area contributed by atoms with Gasteiger partial charge in [0, 0.05) is 5.69 Å². The SMILES string of the molecule is Cc1cccc(C(C)C)c1NC(=O)[C@@H](C)OC(=O)c1ccc(F)cc1Cl. The third-order valence-corrected chi connectivity index (χ3v) is 4.29. The highest BCUT2D eigenvalue weighted by Crippen LogP contribution is 2.27. The lowest BCUT2D eigenvalue weighted by Crippen LogP contribution is -2.30. The van der Waals surface area contributed by atoms with Crippen molar-refractivity contribution in [1.29, 1.82) is 0 Å². The molecule has 0 heterocycles. The van der Waals surface area contributed by atoms with E-state index in [4.69, 9.17) is 16.3 Å². The Labute approximate surface area is 157 Å². The molecule has 2 aromatic rings. The Bertz CT molecular complexity index is 836. The van der Waals surface area contributed by atoms with Crippen molar-refractivity contribution in [3.63, 3.8) is 0 Å². The lowest BCUT2D eigenvalue weighted by atomic mass is 9.98. The van der Waals surface area contributed by atoms with Crippen LogP contribution < -0.4 is 5.32 Å². The second kappa shape index (κ2) is 8.32. The predicted molar refractivity (Wildman–Crippen MR) is 100 cm³/mol. The van der Waals surface area contributed by atoms with Gasteiger partial charge in [-0.15, -0.1) is 0 Å². The fourth-order valence-electron chi connectivity index (χ4n) is 2.50. The number of ether oxygens (including phenoxy) is 1. The van der Waals surface area contributed by atoms with E-state index in [0.29, 0.717) is 0 Å². The van der Waals surface area contributed by atoms with Gasteiger partial charge < -0.3 is 10.1 Å². The van der Waals surface area contributed by atoms with Crippen LogP contribution in [-0.4, -0.2) is 18.0 Å². The molecule has 2 aromatic carbocycles. The fraction of sp³-hybridized carbons (Fsp3) is 0.300. The summed E-state index contributed by atoms with van der Waals surface area (Å²) in [5.74, 6) is -1.57. The topological polar surface area (TPSA) is 55.4 Å². The molecular weight excluding hydrogens is 357 g/mol. The molecule has 0 aromatic heterocycles. The van der Waals surface area contributed by atoms with Gasteiger partial charge in [-0.1, -0.05) is 43.6 Å². The third-order valence-electron chi connectivity index (χ3n) is 3.98. The lowest BCUT2D eigenvalue weighted by molar-refractivity contribution is -0.123. The number of aryl methyl sites for hydroxylation is 1. The van der Waals surface area contributed by atoms with E-state index < -0.39 is 23.8 Å². The summed E-state index contributed by atoms with van der Waals surface area (Å²) in [6, 6.07) is 9.13. The van der Waals surface area contributed by atoms with E-state index in [1.165, 1.54) is 13.0 Å². The minimum Gasteiger partial charge on any atom is -0.449 e. The van der Waals surface area contributed by atoms with Gasteiger partial charge >= 0.3 is 5.97 Å². The Morgan fingerprint density at radius 1 is 1.15 bits per heavy atom. The number of esters is 1. The number of benzene rings is 2. The van der Waals surface area contributed by atoms with Gasteiger partial charge in [-0.2, -0.15) is 0 Å². The van der Waals surface area contributed by atoms with Gasteiger partial charge in [-0.05, 0) is 49.1 Å². The number of carbonyl (C=O) groups excluding carboxylic acids is 2. The van der Waals surface area contributed by atoms with Gasteiger partial charge in [0.1, 0.15) is 5.82 Å². The van der Waals surface area contributed by atoms with Crippen molar-refractivity contribution in [2.75, 3.05) is 5.32 Å². The number of hydrogen-bond donors (Lipinski definition) is 1. The van der Waals surface area contributed by atoms with Crippen LogP contribution in [-0.2, 0) is 9.53 Å². The Morgan fingerprint density at radius 3 is 2.46 bits per heavy atom. The van der Waals surface area contributed by atoms with Crippen LogP contribution in [0, 0.1) is 12.7 Å². The van der Waals surface area contributed by atoms with Crippen LogP contribution in [0.25, 0.3) is 0 Å². The Morgan fingerprint density at radius 2 is 1.85 bits per heavy atom. The molecule has 1 N–H and O–H groups in total. The van der Waals surface area contributed by atoms with E-state index in [0.717, 1.165) is 28.9 Å². The van der Waals surface area contributed by atoms with Crippen molar-refractivity contribution in [3.05, 3.63) is 63.9 Å². The predicted octanol–water partition coefficient (Wildman–Crippen LogP) is 5.09. The summed E-state index contributed by atoms with van der Waals surface area (Å²) in [5.41, 5.74) is 2.64. The number of nitrogens with one attached hydrogen (secondary N) is 1. The number of halogens is 2. The molecule has 0 radical (unpaired) electrons. The standard InChI is InChI=1S/C20H21ClFNO3/c1-11(2)15-7-5-6-12(3)18(15)23-19(24)13(4)26-20(25)16-9-8-14(22)10-17(16)21/h5-11,13H,1-4H3,(H,23,24)/t13-/m1/s1. The summed E-state index contributed by atoms with van der Waals surface area (Å²) in [5, 5.41) is 2.77. The summed E-state index contributed by atoms with van der Waals surface area (Å²) >= 11 is 5.85. The maximum Gasteiger partial charge on any atom is 0.340 e. The Kier molecular flexibility index (Phi) is 6.37. The maximum absolute atomic E-state index is 13.1. The van der Waals surface area contributed by atoms with Crippen molar-refractivity contribution in [1.82, 2.24) is 0 Å². The average molecular weight is 378 g/mol. The number of para-hydroxylation sites is 1. The second-order valence-corrected chi connectivity index (χ2v) is 6.76. The monoisotopic (exact) mass is 377 g/mol. The van der Waals surface area contributed by atoms with E-state index in [9.17, 15) is 14.0 Å². The van der Waals surface area contributed by atoms with Crippen molar-refractivity contribution in [3.8, 4) is 0 Å². The van der Waals surface area contributed by atoms with Gasteiger partial charge in [-0.25, -0.2) is 9.18 Å². The minimum absolute atomic E-state index is 0.00600. The summed E-state index contributed by atoms with van der Waals surface area (Å²) in [4.78, 5) is 24.6. The van der Waals surface area contributed by atoms with Crippen molar-refractivity contribution in [2.45, 2.75) is 39.7 Å². The highest BCUT2D eigenvalue weighted by Gasteiger charge is 2.22. The zero-order valence-electron chi connectivity index (χ0n) is 15.1. The number of anilines is 1. The lowest BCUT2D eigenvalue weighted by Gasteiger charge is -2.19.